The lowest BCUT2D eigenvalue weighted by Gasteiger charge is -2.27. The number of rotatable bonds is 14. The van der Waals surface area contributed by atoms with Crippen LogP contribution in [0.1, 0.15) is 73.1 Å². The average Bonchev–Trinajstić information content (AvgIpc) is 3.00. The fourth-order valence-electron chi connectivity index (χ4n) is 3.42. The first-order chi connectivity index (χ1) is 15.1. The second-order valence-electron chi connectivity index (χ2n) is 7.71. The molecule has 10 nitrogen and oxygen atoms in total. The summed E-state index contributed by atoms with van der Waals surface area (Å²) in [4.78, 5) is 46.3. The van der Waals surface area contributed by atoms with Crippen molar-refractivity contribution in [1.29, 1.82) is 0 Å². The zero-order valence-corrected chi connectivity index (χ0v) is 19.6. The predicted molar refractivity (Wildman–Crippen MR) is 111 cm³/mol. The zero-order valence-electron chi connectivity index (χ0n) is 19.6. The molecule has 0 aliphatic carbocycles. The van der Waals surface area contributed by atoms with Crippen LogP contribution >= 0.6 is 0 Å². The molecule has 0 bridgehead atoms. The molecule has 5 atom stereocenters. The number of hydrogen-bond acceptors (Lipinski definition) is 10. The molecule has 10 heteroatoms. The van der Waals surface area contributed by atoms with Gasteiger partial charge in [0.05, 0.1) is 0 Å². The Labute approximate surface area is 189 Å². The highest BCUT2D eigenvalue weighted by Crippen LogP contribution is 2.31. The molecule has 32 heavy (non-hydrogen) atoms. The van der Waals surface area contributed by atoms with Crippen LogP contribution < -0.4 is 0 Å². The van der Waals surface area contributed by atoms with E-state index in [1.807, 2.05) is 0 Å². The summed E-state index contributed by atoms with van der Waals surface area (Å²) in [5.41, 5.74) is 0. The molecule has 0 aromatic rings. The first-order valence-corrected chi connectivity index (χ1v) is 11.1. The Bertz CT molecular complexity index is 620. The van der Waals surface area contributed by atoms with Gasteiger partial charge < -0.3 is 28.4 Å². The SMILES string of the molecule is CCCCCCCCOC1O[C@H]([C@@H](COC(C)=O)OC(C)=O)[C@H](OC(C)=O)[C@H]1OC(C)=O. The van der Waals surface area contributed by atoms with Crippen molar-refractivity contribution in [2.24, 2.45) is 0 Å². The van der Waals surface area contributed by atoms with Crippen LogP contribution in [0.4, 0.5) is 0 Å². The Hall–Kier alpha value is -2.20. The summed E-state index contributed by atoms with van der Waals surface area (Å²) >= 11 is 0. The van der Waals surface area contributed by atoms with Gasteiger partial charge in [-0.25, -0.2) is 0 Å². The highest BCUT2D eigenvalue weighted by atomic mass is 16.7. The van der Waals surface area contributed by atoms with Gasteiger partial charge in [-0.05, 0) is 6.42 Å². The molecule has 0 aromatic carbocycles. The third kappa shape index (κ3) is 10.4. The van der Waals surface area contributed by atoms with E-state index in [1.165, 1.54) is 34.1 Å². The molecule has 1 rings (SSSR count). The Balaban J connectivity index is 2.94. The fraction of sp³-hybridized carbons (Fsp3) is 0.818. The van der Waals surface area contributed by atoms with Gasteiger partial charge in [-0.15, -0.1) is 0 Å². The zero-order chi connectivity index (χ0) is 24.1. The maximum atomic E-state index is 11.7. The van der Waals surface area contributed by atoms with Crippen molar-refractivity contribution in [3.05, 3.63) is 0 Å². The second kappa shape index (κ2) is 14.8. The molecule has 184 valence electrons. The van der Waals surface area contributed by atoms with E-state index in [0.29, 0.717) is 6.61 Å². The van der Waals surface area contributed by atoms with Crippen molar-refractivity contribution < 1.29 is 47.6 Å². The summed E-state index contributed by atoms with van der Waals surface area (Å²) in [7, 11) is 0. The fourth-order valence-corrected chi connectivity index (χ4v) is 3.42. The standard InChI is InChI=1S/C22H36O10/c1-6-7-8-9-10-11-12-27-22-21(31-17(5)26)20(30-16(4)25)19(32-22)18(29-15(3)24)13-28-14(2)23/h18-22H,6-13H2,1-5H3/t18-,19-,20+,21-,22?/m1/s1. The highest BCUT2D eigenvalue weighted by Gasteiger charge is 2.54. The van der Waals surface area contributed by atoms with E-state index in [0.717, 1.165) is 32.1 Å². The number of esters is 4. The minimum absolute atomic E-state index is 0.325. The van der Waals surface area contributed by atoms with Crippen LogP contribution in [0.5, 0.6) is 0 Å². The van der Waals surface area contributed by atoms with Crippen molar-refractivity contribution in [2.75, 3.05) is 13.2 Å². The molecule has 1 aliphatic rings. The van der Waals surface area contributed by atoms with Gasteiger partial charge in [0.25, 0.3) is 0 Å². The molecule has 1 fully saturated rings. The van der Waals surface area contributed by atoms with Crippen LogP contribution in [-0.2, 0) is 47.6 Å². The smallest absolute Gasteiger partial charge is 0.303 e. The molecule has 1 heterocycles. The lowest BCUT2D eigenvalue weighted by atomic mass is 10.1. The van der Waals surface area contributed by atoms with Gasteiger partial charge in [0.1, 0.15) is 12.7 Å². The third-order valence-corrected chi connectivity index (χ3v) is 4.73. The maximum Gasteiger partial charge on any atom is 0.303 e. The monoisotopic (exact) mass is 460 g/mol. The van der Waals surface area contributed by atoms with E-state index in [4.69, 9.17) is 28.4 Å². The van der Waals surface area contributed by atoms with Crippen LogP contribution in [0.2, 0.25) is 0 Å². The number of ether oxygens (including phenoxy) is 6. The van der Waals surface area contributed by atoms with E-state index in [2.05, 4.69) is 6.92 Å². The summed E-state index contributed by atoms with van der Waals surface area (Å²) in [6, 6.07) is 0. The second-order valence-corrected chi connectivity index (χ2v) is 7.71. The van der Waals surface area contributed by atoms with E-state index >= 15 is 0 Å². The van der Waals surface area contributed by atoms with E-state index in [9.17, 15) is 19.2 Å². The van der Waals surface area contributed by atoms with Gasteiger partial charge in [-0.1, -0.05) is 39.0 Å². The molecule has 1 unspecified atom stereocenters. The summed E-state index contributed by atoms with van der Waals surface area (Å²) in [6.07, 6.45) is 0.947. The van der Waals surface area contributed by atoms with Crippen LogP contribution in [0, 0.1) is 0 Å². The van der Waals surface area contributed by atoms with Crippen LogP contribution in [0.25, 0.3) is 0 Å². The molecule has 0 spiro atoms. The van der Waals surface area contributed by atoms with Crippen molar-refractivity contribution in [3.8, 4) is 0 Å². The Morgan fingerprint density at radius 3 is 1.94 bits per heavy atom. The normalized spacial score (nSPS) is 23.3. The molecule has 0 aromatic heterocycles. The number of hydrogen-bond donors (Lipinski definition) is 0. The molecule has 1 saturated heterocycles. The number of unbranched alkanes of at least 4 members (excludes halogenated alkanes) is 5. The topological polar surface area (TPSA) is 124 Å². The van der Waals surface area contributed by atoms with Gasteiger partial charge in [0.15, 0.2) is 24.6 Å². The first kappa shape index (κ1) is 27.8. The van der Waals surface area contributed by atoms with Crippen molar-refractivity contribution >= 4 is 23.9 Å². The third-order valence-electron chi connectivity index (χ3n) is 4.73. The maximum absolute atomic E-state index is 11.7. The van der Waals surface area contributed by atoms with Crippen LogP contribution in [0.3, 0.4) is 0 Å². The van der Waals surface area contributed by atoms with Crippen LogP contribution in [-0.4, -0.2) is 67.8 Å². The van der Waals surface area contributed by atoms with E-state index < -0.39 is 54.6 Å². The molecule has 0 saturated carbocycles. The largest absolute Gasteiger partial charge is 0.462 e. The number of carbonyl (C=O) groups excluding carboxylic acids is 4. The Kier molecular flexibility index (Phi) is 12.9. The first-order valence-electron chi connectivity index (χ1n) is 11.1. The highest BCUT2D eigenvalue weighted by molar-refractivity contribution is 5.68. The van der Waals surface area contributed by atoms with Gasteiger partial charge in [-0.3, -0.25) is 19.2 Å². The Morgan fingerprint density at radius 1 is 0.781 bits per heavy atom. The lowest BCUT2D eigenvalue weighted by molar-refractivity contribution is -0.199. The molecule has 0 amide bonds. The summed E-state index contributed by atoms with van der Waals surface area (Å²) in [6.45, 7) is 6.97. The lowest BCUT2D eigenvalue weighted by Crippen LogP contribution is -2.46. The molecule has 1 aliphatic heterocycles. The molecular weight excluding hydrogens is 424 g/mol. The quantitative estimate of drug-likeness (QED) is 0.217. The molecular formula is C22H36O10. The van der Waals surface area contributed by atoms with Gasteiger partial charge in [0, 0.05) is 34.3 Å². The minimum Gasteiger partial charge on any atom is -0.462 e. The summed E-state index contributed by atoms with van der Waals surface area (Å²) in [5, 5.41) is 0. The summed E-state index contributed by atoms with van der Waals surface area (Å²) < 4.78 is 32.6. The number of carbonyl (C=O) groups is 4. The van der Waals surface area contributed by atoms with E-state index in [1.54, 1.807) is 0 Å². The Morgan fingerprint density at radius 2 is 1.38 bits per heavy atom. The van der Waals surface area contributed by atoms with Crippen molar-refractivity contribution in [2.45, 2.75) is 104 Å². The minimum atomic E-state index is -1.12. The van der Waals surface area contributed by atoms with Gasteiger partial charge in [-0.2, -0.15) is 0 Å². The van der Waals surface area contributed by atoms with Crippen molar-refractivity contribution in [1.82, 2.24) is 0 Å². The van der Waals surface area contributed by atoms with Crippen LogP contribution in [0.15, 0.2) is 0 Å². The average molecular weight is 461 g/mol. The van der Waals surface area contributed by atoms with Gasteiger partial charge in [0.2, 0.25) is 0 Å². The summed E-state index contributed by atoms with van der Waals surface area (Å²) in [5.74, 6) is -2.50. The molecule has 0 N–H and O–H groups in total. The predicted octanol–water partition coefficient (Wildman–Crippen LogP) is 2.45. The van der Waals surface area contributed by atoms with Crippen molar-refractivity contribution in [3.63, 3.8) is 0 Å². The van der Waals surface area contributed by atoms with Gasteiger partial charge >= 0.3 is 23.9 Å². The molecule has 0 radical (unpaired) electrons. The van der Waals surface area contributed by atoms with E-state index in [-0.39, 0.29) is 6.61 Å².